The van der Waals surface area contributed by atoms with Gasteiger partial charge in [0.2, 0.25) is 0 Å². The minimum atomic E-state index is -0.0899. The summed E-state index contributed by atoms with van der Waals surface area (Å²) in [7, 11) is 0. The highest BCUT2D eigenvalue weighted by molar-refractivity contribution is 6.31. The first-order valence-corrected chi connectivity index (χ1v) is 10.7. The molecule has 0 atom stereocenters. The van der Waals surface area contributed by atoms with Crippen molar-refractivity contribution in [1.29, 1.82) is 0 Å². The summed E-state index contributed by atoms with van der Waals surface area (Å²) in [6.45, 7) is 5.82. The van der Waals surface area contributed by atoms with E-state index in [4.69, 9.17) is 23.2 Å². The van der Waals surface area contributed by atoms with Gasteiger partial charge in [0.15, 0.2) is 11.6 Å². The second-order valence-electron chi connectivity index (χ2n) is 7.72. The van der Waals surface area contributed by atoms with Gasteiger partial charge in [-0.05, 0) is 96.8 Å². The Kier molecular flexibility index (Phi) is 5.70. The number of carbonyl (C=O) groups is 2. The molecule has 0 radical (unpaired) electrons. The molecule has 0 fully saturated rings. The van der Waals surface area contributed by atoms with Crippen LogP contribution >= 0.6 is 23.2 Å². The molecule has 0 aliphatic heterocycles. The van der Waals surface area contributed by atoms with Crippen LogP contribution in [0.25, 0.3) is 10.8 Å². The molecule has 0 aliphatic carbocycles. The highest BCUT2D eigenvalue weighted by Crippen LogP contribution is 2.33. The summed E-state index contributed by atoms with van der Waals surface area (Å²) in [6, 6.07) is 19.6. The van der Waals surface area contributed by atoms with Crippen molar-refractivity contribution in [1.82, 2.24) is 0 Å². The summed E-state index contributed by atoms with van der Waals surface area (Å²) in [5, 5.41) is 2.70. The number of rotatable bonds is 4. The van der Waals surface area contributed by atoms with Crippen LogP contribution in [0.1, 0.15) is 48.5 Å². The monoisotopic (exact) mass is 446 g/mol. The van der Waals surface area contributed by atoms with Gasteiger partial charge in [0, 0.05) is 32.3 Å². The fraction of sp³-hybridized carbons (Fsp3) is 0.111. The molecule has 4 aromatic rings. The molecule has 0 N–H and O–H groups in total. The van der Waals surface area contributed by atoms with Gasteiger partial charge in [0.25, 0.3) is 0 Å². The molecule has 154 valence electrons. The van der Waals surface area contributed by atoms with Crippen LogP contribution < -0.4 is 0 Å². The molecule has 4 heteroatoms. The Hall–Kier alpha value is -2.94. The van der Waals surface area contributed by atoms with Crippen molar-refractivity contribution in [3.05, 3.63) is 116 Å². The van der Waals surface area contributed by atoms with E-state index in [0.29, 0.717) is 32.3 Å². The molecule has 4 rings (SSSR count). The number of fused-ring (bicyclic) bond motifs is 1. The molecule has 0 saturated heterocycles. The number of carbonyl (C=O) groups excluding carboxylic acids is 2. The summed E-state index contributed by atoms with van der Waals surface area (Å²) >= 11 is 12.0. The highest BCUT2D eigenvalue weighted by Gasteiger charge is 2.22. The lowest BCUT2D eigenvalue weighted by atomic mass is 9.86. The highest BCUT2D eigenvalue weighted by atomic mass is 35.5. The molecular weight excluding hydrogens is 427 g/mol. The van der Waals surface area contributed by atoms with Gasteiger partial charge >= 0.3 is 0 Å². The van der Waals surface area contributed by atoms with E-state index in [1.807, 2.05) is 39.0 Å². The summed E-state index contributed by atoms with van der Waals surface area (Å²) < 4.78 is 0. The Morgan fingerprint density at radius 1 is 0.581 bits per heavy atom. The first-order chi connectivity index (χ1) is 14.8. The topological polar surface area (TPSA) is 34.1 Å². The van der Waals surface area contributed by atoms with Crippen LogP contribution in [0.2, 0.25) is 10.0 Å². The third-order valence-corrected chi connectivity index (χ3v) is 6.22. The fourth-order valence-electron chi connectivity index (χ4n) is 3.91. The van der Waals surface area contributed by atoms with E-state index in [1.54, 1.807) is 48.5 Å². The van der Waals surface area contributed by atoms with Crippen LogP contribution in [0.5, 0.6) is 0 Å². The van der Waals surface area contributed by atoms with Crippen LogP contribution in [-0.2, 0) is 0 Å². The maximum Gasteiger partial charge on any atom is 0.193 e. The predicted octanol–water partition coefficient (Wildman–Crippen LogP) is 7.53. The standard InChI is InChI=1S/C27H20Cl2O2/c1-15-4-13-22-23(24(15)26(30)18-5-9-20(28)10-6-18)14-16(2)17(3)25(22)27(31)19-7-11-21(29)12-8-19/h4-14H,1-3H3. The molecule has 0 amide bonds. The zero-order valence-corrected chi connectivity index (χ0v) is 18.9. The van der Waals surface area contributed by atoms with E-state index < -0.39 is 0 Å². The van der Waals surface area contributed by atoms with E-state index in [2.05, 4.69) is 0 Å². The minimum absolute atomic E-state index is 0.0865. The Balaban J connectivity index is 1.97. The second-order valence-corrected chi connectivity index (χ2v) is 8.59. The minimum Gasteiger partial charge on any atom is -0.289 e. The molecule has 4 aromatic carbocycles. The van der Waals surface area contributed by atoms with Gasteiger partial charge in [0.1, 0.15) is 0 Å². The van der Waals surface area contributed by atoms with Crippen LogP contribution in [0.4, 0.5) is 0 Å². The normalized spacial score (nSPS) is 11.0. The van der Waals surface area contributed by atoms with Crippen molar-refractivity contribution in [2.75, 3.05) is 0 Å². The van der Waals surface area contributed by atoms with E-state index in [0.717, 1.165) is 27.5 Å². The van der Waals surface area contributed by atoms with Crippen molar-refractivity contribution >= 4 is 45.5 Å². The molecule has 0 unspecified atom stereocenters. The second kappa shape index (κ2) is 8.30. The van der Waals surface area contributed by atoms with E-state index >= 15 is 0 Å². The van der Waals surface area contributed by atoms with Gasteiger partial charge in [-0.2, -0.15) is 0 Å². The molecular formula is C27H20Cl2O2. The van der Waals surface area contributed by atoms with Gasteiger partial charge in [0.05, 0.1) is 0 Å². The quantitative estimate of drug-likeness (QED) is 0.303. The van der Waals surface area contributed by atoms with E-state index in [-0.39, 0.29) is 11.6 Å². The number of halogens is 2. The number of hydrogen-bond donors (Lipinski definition) is 0. The Bertz CT molecular complexity index is 1340. The molecule has 31 heavy (non-hydrogen) atoms. The lowest BCUT2D eigenvalue weighted by Crippen LogP contribution is -2.10. The summed E-state index contributed by atoms with van der Waals surface area (Å²) in [6.07, 6.45) is 0. The summed E-state index contributed by atoms with van der Waals surface area (Å²) in [5.41, 5.74) is 5.06. The SMILES string of the molecule is Cc1cc2c(C(=O)c3ccc(Cl)cc3)c(C)ccc2c(C(=O)c2ccc(Cl)cc2)c1C. The fourth-order valence-corrected chi connectivity index (χ4v) is 4.16. The Labute approximate surface area is 191 Å². The molecule has 2 nitrogen and oxygen atoms in total. The van der Waals surface area contributed by atoms with Crippen LogP contribution in [0.3, 0.4) is 0 Å². The van der Waals surface area contributed by atoms with Crippen LogP contribution in [0, 0.1) is 20.8 Å². The number of benzene rings is 4. The third kappa shape index (κ3) is 3.89. The molecule has 0 aliphatic rings. The van der Waals surface area contributed by atoms with Crippen molar-refractivity contribution in [2.24, 2.45) is 0 Å². The maximum atomic E-state index is 13.5. The predicted molar refractivity (Wildman–Crippen MR) is 128 cm³/mol. The first-order valence-electron chi connectivity index (χ1n) is 9.92. The van der Waals surface area contributed by atoms with Crippen molar-refractivity contribution in [2.45, 2.75) is 20.8 Å². The van der Waals surface area contributed by atoms with E-state index in [9.17, 15) is 9.59 Å². The molecule has 0 spiro atoms. The molecule has 0 bridgehead atoms. The van der Waals surface area contributed by atoms with Gasteiger partial charge in [-0.1, -0.05) is 41.4 Å². The Morgan fingerprint density at radius 3 is 1.58 bits per heavy atom. The van der Waals surface area contributed by atoms with Gasteiger partial charge in [-0.15, -0.1) is 0 Å². The number of aryl methyl sites for hydroxylation is 2. The Morgan fingerprint density at radius 2 is 1.06 bits per heavy atom. The summed E-state index contributed by atoms with van der Waals surface area (Å²) in [5.74, 6) is -0.176. The molecule has 0 aromatic heterocycles. The maximum absolute atomic E-state index is 13.5. The smallest absolute Gasteiger partial charge is 0.193 e. The number of hydrogen-bond acceptors (Lipinski definition) is 2. The third-order valence-electron chi connectivity index (χ3n) is 5.72. The average Bonchev–Trinajstić information content (AvgIpc) is 2.75. The first kappa shape index (κ1) is 21.3. The zero-order valence-electron chi connectivity index (χ0n) is 17.4. The summed E-state index contributed by atoms with van der Waals surface area (Å²) in [4.78, 5) is 26.9. The zero-order chi connectivity index (χ0) is 22.3. The largest absolute Gasteiger partial charge is 0.289 e. The van der Waals surface area contributed by atoms with Gasteiger partial charge in [-0.25, -0.2) is 0 Å². The molecule has 0 saturated carbocycles. The van der Waals surface area contributed by atoms with Crippen molar-refractivity contribution in [3.63, 3.8) is 0 Å². The van der Waals surface area contributed by atoms with Gasteiger partial charge < -0.3 is 0 Å². The van der Waals surface area contributed by atoms with Gasteiger partial charge in [-0.3, -0.25) is 9.59 Å². The van der Waals surface area contributed by atoms with Crippen LogP contribution in [-0.4, -0.2) is 11.6 Å². The lowest BCUT2D eigenvalue weighted by Gasteiger charge is -2.17. The van der Waals surface area contributed by atoms with Crippen LogP contribution in [0.15, 0.2) is 66.7 Å². The van der Waals surface area contributed by atoms with Crippen molar-refractivity contribution in [3.8, 4) is 0 Å². The van der Waals surface area contributed by atoms with E-state index in [1.165, 1.54) is 0 Å². The van der Waals surface area contributed by atoms with Crippen molar-refractivity contribution < 1.29 is 9.59 Å². The average molecular weight is 447 g/mol. The lowest BCUT2D eigenvalue weighted by molar-refractivity contribution is 0.103. The molecule has 0 heterocycles. The number of ketones is 2.